The Hall–Kier alpha value is -1.95. The molecular weight excluding hydrogens is 268 g/mol. The topological polar surface area (TPSA) is 80.0 Å². The van der Waals surface area contributed by atoms with Gasteiger partial charge in [-0.05, 0) is 37.5 Å². The van der Waals surface area contributed by atoms with Gasteiger partial charge in [-0.3, -0.25) is 4.79 Å². The number of fused-ring (bicyclic) bond motifs is 1. The van der Waals surface area contributed by atoms with Crippen LogP contribution in [0, 0.1) is 5.92 Å². The molecule has 0 aliphatic heterocycles. The van der Waals surface area contributed by atoms with Crippen molar-refractivity contribution >= 4 is 16.9 Å². The number of nitrogens with zero attached hydrogens (tertiary/aromatic N) is 3. The van der Waals surface area contributed by atoms with Crippen molar-refractivity contribution < 1.29 is 9.90 Å². The van der Waals surface area contributed by atoms with Gasteiger partial charge in [0.25, 0.3) is 5.91 Å². The number of hydrogen-bond acceptors (Lipinski definition) is 4. The van der Waals surface area contributed by atoms with Crippen LogP contribution in [0.3, 0.4) is 0 Å². The monoisotopic (exact) mass is 290 g/mol. The maximum atomic E-state index is 12.1. The molecule has 1 atom stereocenters. The molecule has 0 aliphatic carbocycles. The molecule has 0 aliphatic rings. The van der Waals surface area contributed by atoms with Gasteiger partial charge in [0, 0.05) is 18.7 Å². The summed E-state index contributed by atoms with van der Waals surface area (Å²) < 4.78 is 1.78. The van der Waals surface area contributed by atoms with Crippen molar-refractivity contribution in [3.8, 4) is 0 Å². The van der Waals surface area contributed by atoms with E-state index < -0.39 is 6.10 Å². The van der Waals surface area contributed by atoms with Gasteiger partial charge in [-0.1, -0.05) is 19.1 Å². The lowest BCUT2D eigenvalue weighted by atomic mass is 10.1. The van der Waals surface area contributed by atoms with Gasteiger partial charge >= 0.3 is 0 Å². The lowest BCUT2D eigenvalue weighted by Crippen LogP contribution is -2.32. The van der Waals surface area contributed by atoms with Crippen molar-refractivity contribution in [3.05, 3.63) is 23.8 Å². The molecule has 2 rings (SSSR count). The number of rotatable bonds is 6. The van der Waals surface area contributed by atoms with Crippen molar-refractivity contribution in [1.82, 2.24) is 20.3 Å². The highest BCUT2D eigenvalue weighted by Gasteiger charge is 2.12. The Morgan fingerprint density at radius 1 is 1.43 bits per heavy atom. The van der Waals surface area contributed by atoms with E-state index in [4.69, 9.17) is 0 Å². The zero-order chi connectivity index (χ0) is 15.4. The van der Waals surface area contributed by atoms with Crippen molar-refractivity contribution in [2.75, 3.05) is 6.54 Å². The summed E-state index contributed by atoms with van der Waals surface area (Å²) in [7, 11) is 0. The number of amides is 1. The lowest BCUT2D eigenvalue weighted by Gasteiger charge is -2.13. The van der Waals surface area contributed by atoms with E-state index in [9.17, 15) is 9.90 Å². The van der Waals surface area contributed by atoms with E-state index in [-0.39, 0.29) is 12.5 Å². The van der Waals surface area contributed by atoms with Crippen LogP contribution in [0.2, 0.25) is 0 Å². The molecule has 0 spiro atoms. The third kappa shape index (κ3) is 3.78. The second kappa shape index (κ2) is 6.67. The molecule has 6 heteroatoms. The normalized spacial score (nSPS) is 12.8. The molecule has 0 radical (unpaired) electrons. The summed E-state index contributed by atoms with van der Waals surface area (Å²) in [5.74, 6) is 0.197. The van der Waals surface area contributed by atoms with Crippen LogP contribution in [0.4, 0.5) is 0 Å². The fourth-order valence-electron chi connectivity index (χ4n) is 2.29. The lowest BCUT2D eigenvalue weighted by molar-refractivity contribution is 0.0900. The van der Waals surface area contributed by atoms with E-state index in [2.05, 4.69) is 15.6 Å². The molecule has 1 unspecified atom stereocenters. The number of aliphatic hydroxyl groups excluding tert-OH is 1. The Balaban J connectivity index is 2.02. The fraction of sp³-hybridized carbons (Fsp3) is 0.533. The van der Waals surface area contributed by atoms with Crippen molar-refractivity contribution in [2.45, 2.75) is 39.8 Å². The average Bonchev–Trinajstić information content (AvgIpc) is 2.86. The Morgan fingerprint density at radius 3 is 2.86 bits per heavy atom. The molecule has 0 saturated heterocycles. The molecule has 6 nitrogen and oxygen atoms in total. The number of aromatic nitrogens is 3. The summed E-state index contributed by atoms with van der Waals surface area (Å²) in [4.78, 5) is 12.1. The first-order chi connectivity index (χ1) is 10.0. The van der Waals surface area contributed by atoms with Crippen LogP contribution in [0.25, 0.3) is 11.0 Å². The SMILES string of the molecule is CCn1nnc2cc(C(=O)NCC(O)CC(C)C)ccc21. The minimum atomic E-state index is -0.515. The van der Waals surface area contributed by atoms with Crippen molar-refractivity contribution in [2.24, 2.45) is 5.92 Å². The van der Waals surface area contributed by atoms with E-state index in [1.807, 2.05) is 26.8 Å². The molecule has 0 saturated carbocycles. The largest absolute Gasteiger partial charge is 0.391 e. The third-order valence-corrected chi connectivity index (χ3v) is 3.32. The highest BCUT2D eigenvalue weighted by Crippen LogP contribution is 2.13. The van der Waals surface area contributed by atoms with Crippen LogP contribution in [0.5, 0.6) is 0 Å². The first-order valence-electron chi connectivity index (χ1n) is 7.30. The minimum absolute atomic E-state index is 0.203. The molecule has 2 aromatic rings. The maximum absolute atomic E-state index is 12.1. The predicted octanol–water partition coefficient (Wildman–Crippen LogP) is 1.59. The molecule has 0 fully saturated rings. The van der Waals surface area contributed by atoms with E-state index >= 15 is 0 Å². The number of aliphatic hydroxyl groups is 1. The zero-order valence-corrected chi connectivity index (χ0v) is 12.7. The molecule has 114 valence electrons. The fourth-order valence-corrected chi connectivity index (χ4v) is 2.29. The van der Waals surface area contributed by atoms with Gasteiger partial charge in [-0.15, -0.1) is 5.10 Å². The first-order valence-corrected chi connectivity index (χ1v) is 7.30. The Kier molecular flexibility index (Phi) is 4.90. The van der Waals surface area contributed by atoms with Crippen LogP contribution < -0.4 is 5.32 Å². The maximum Gasteiger partial charge on any atom is 0.251 e. The number of aryl methyl sites for hydroxylation is 1. The van der Waals surface area contributed by atoms with Crippen LogP contribution >= 0.6 is 0 Å². The molecular formula is C15H22N4O2. The standard InChI is InChI=1S/C15H22N4O2/c1-4-19-14-6-5-11(8-13(14)17-18-19)15(21)16-9-12(20)7-10(2)3/h5-6,8,10,12,20H,4,7,9H2,1-3H3,(H,16,21). The Labute approximate surface area is 124 Å². The quantitative estimate of drug-likeness (QED) is 0.846. The summed E-state index contributed by atoms with van der Waals surface area (Å²) >= 11 is 0. The molecule has 21 heavy (non-hydrogen) atoms. The van der Waals surface area contributed by atoms with E-state index in [1.165, 1.54) is 0 Å². The van der Waals surface area contributed by atoms with Gasteiger partial charge in [-0.2, -0.15) is 0 Å². The second-order valence-corrected chi connectivity index (χ2v) is 5.60. The second-order valence-electron chi connectivity index (χ2n) is 5.60. The number of nitrogens with one attached hydrogen (secondary N) is 1. The van der Waals surface area contributed by atoms with Gasteiger partial charge in [0.1, 0.15) is 5.52 Å². The van der Waals surface area contributed by atoms with Gasteiger partial charge in [-0.25, -0.2) is 4.68 Å². The highest BCUT2D eigenvalue weighted by molar-refractivity contribution is 5.97. The highest BCUT2D eigenvalue weighted by atomic mass is 16.3. The Bertz CT molecular complexity index is 621. The smallest absolute Gasteiger partial charge is 0.251 e. The number of benzene rings is 1. The van der Waals surface area contributed by atoms with Crippen LogP contribution in [-0.2, 0) is 6.54 Å². The van der Waals surface area contributed by atoms with Crippen LogP contribution in [-0.4, -0.2) is 38.7 Å². The molecule has 1 amide bonds. The van der Waals surface area contributed by atoms with Gasteiger partial charge in [0.2, 0.25) is 0 Å². The molecule has 2 N–H and O–H groups in total. The van der Waals surface area contributed by atoms with Crippen LogP contribution in [0.1, 0.15) is 37.6 Å². The van der Waals surface area contributed by atoms with Crippen molar-refractivity contribution in [3.63, 3.8) is 0 Å². The summed E-state index contributed by atoms with van der Waals surface area (Å²) in [6.07, 6.45) is 0.156. The molecule has 1 aromatic carbocycles. The van der Waals surface area contributed by atoms with Gasteiger partial charge in [0.15, 0.2) is 0 Å². The number of carbonyl (C=O) groups is 1. The summed E-state index contributed by atoms with van der Waals surface area (Å²) in [5, 5.41) is 20.6. The summed E-state index contributed by atoms with van der Waals surface area (Å²) in [5.41, 5.74) is 2.14. The first kappa shape index (κ1) is 15.4. The van der Waals surface area contributed by atoms with E-state index in [1.54, 1.807) is 16.8 Å². The third-order valence-electron chi connectivity index (χ3n) is 3.32. The number of carbonyl (C=O) groups excluding carboxylic acids is 1. The average molecular weight is 290 g/mol. The van der Waals surface area contributed by atoms with Crippen LogP contribution in [0.15, 0.2) is 18.2 Å². The summed E-state index contributed by atoms with van der Waals surface area (Å²) in [6, 6.07) is 5.32. The van der Waals surface area contributed by atoms with Gasteiger partial charge in [0.05, 0.1) is 11.6 Å². The van der Waals surface area contributed by atoms with E-state index in [0.29, 0.717) is 23.4 Å². The van der Waals surface area contributed by atoms with E-state index in [0.717, 1.165) is 12.1 Å². The van der Waals surface area contributed by atoms with Crippen molar-refractivity contribution in [1.29, 1.82) is 0 Å². The zero-order valence-electron chi connectivity index (χ0n) is 12.7. The molecule has 1 aromatic heterocycles. The summed E-state index contributed by atoms with van der Waals surface area (Å²) in [6.45, 7) is 7.07. The number of hydrogen-bond donors (Lipinski definition) is 2. The van der Waals surface area contributed by atoms with Gasteiger partial charge < -0.3 is 10.4 Å². The predicted molar refractivity (Wildman–Crippen MR) is 81.0 cm³/mol. The molecule has 1 heterocycles. The molecule has 0 bridgehead atoms. The Morgan fingerprint density at radius 2 is 2.19 bits per heavy atom. The minimum Gasteiger partial charge on any atom is -0.391 e.